The molecule has 0 bridgehead atoms. The number of aliphatic hydroxyl groups excluding tert-OH is 1. The lowest BCUT2D eigenvalue weighted by Crippen LogP contribution is -2.35. The van der Waals surface area contributed by atoms with Crippen LogP contribution in [0.25, 0.3) is 0 Å². The zero-order valence-electron chi connectivity index (χ0n) is 11.1. The standard InChI is InChI=1S/C14H20N2O3/c1-16(9-10-5-2-3-7-12(10)17)13-8-4-6-11(15-13)14(18)19/h4,6,8,10,12,17H,2-3,5,7,9H2,1H3,(H,18,19). The molecule has 19 heavy (non-hydrogen) atoms. The predicted octanol–water partition coefficient (Wildman–Crippen LogP) is 1.77. The van der Waals surface area contributed by atoms with E-state index in [-0.39, 0.29) is 17.7 Å². The Bertz CT molecular complexity index is 450. The van der Waals surface area contributed by atoms with E-state index >= 15 is 0 Å². The van der Waals surface area contributed by atoms with Crippen molar-refractivity contribution in [1.29, 1.82) is 0 Å². The molecule has 2 rings (SSSR count). The molecule has 0 radical (unpaired) electrons. The average Bonchev–Trinajstić information content (AvgIpc) is 2.41. The highest BCUT2D eigenvalue weighted by molar-refractivity contribution is 5.85. The third-order valence-electron chi connectivity index (χ3n) is 3.72. The average molecular weight is 264 g/mol. The third kappa shape index (κ3) is 3.44. The van der Waals surface area contributed by atoms with Gasteiger partial charge in [-0.15, -0.1) is 0 Å². The van der Waals surface area contributed by atoms with E-state index < -0.39 is 5.97 Å². The van der Waals surface area contributed by atoms with Gasteiger partial charge >= 0.3 is 5.97 Å². The molecule has 1 aromatic heterocycles. The van der Waals surface area contributed by atoms with Crippen LogP contribution >= 0.6 is 0 Å². The van der Waals surface area contributed by atoms with Crippen LogP contribution in [0.3, 0.4) is 0 Å². The Balaban J connectivity index is 2.04. The second-order valence-electron chi connectivity index (χ2n) is 5.18. The highest BCUT2D eigenvalue weighted by atomic mass is 16.4. The largest absolute Gasteiger partial charge is 0.477 e. The molecule has 2 atom stereocenters. The monoisotopic (exact) mass is 264 g/mol. The summed E-state index contributed by atoms with van der Waals surface area (Å²) in [6.45, 7) is 0.706. The highest BCUT2D eigenvalue weighted by Gasteiger charge is 2.24. The Morgan fingerprint density at radius 1 is 1.42 bits per heavy atom. The van der Waals surface area contributed by atoms with Crippen molar-refractivity contribution in [2.45, 2.75) is 31.8 Å². The van der Waals surface area contributed by atoms with Crippen LogP contribution in [-0.2, 0) is 0 Å². The van der Waals surface area contributed by atoms with E-state index in [2.05, 4.69) is 4.98 Å². The number of nitrogens with zero attached hydrogens (tertiary/aromatic N) is 2. The minimum absolute atomic E-state index is 0.0496. The lowest BCUT2D eigenvalue weighted by molar-refractivity contribution is 0.0688. The smallest absolute Gasteiger partial charge is 0.354 e. The Morgan fingerprint density at radius 3 is 2.84 bits per heavy atom. The van der Waals surface area contributed by atoms with E-state index in [4.69, 9.17) is 5.11 Å². The molecular formula is C14H20N2O3. The van der Waals surface area contributed by atoms with Crippen LogP contribution in [0.5, 0.6) is 0 Å². The van der Waals surface area contributed by atoms with E-state index in [1.54, 1.807) is 12.1 Å². The van der Waals surface area contributed by atoms with Gasteiger partial charge in [-0.3, -0.25) is 0 Å². The van der Waals surface area contributed by atoms with E-state index in [1.165, 1.54) is 6.07 Å². The Morgan fingerprint density at radius 2 is 2.16 bits per heavy atom. The summed E-state index contributed by atoms with van der Waals surface area (Å²) >= 11 is 0. The molecule has 2 N–H and O–H groups in total. The molecule has 0 aromatic carbocycles. The van der Waals surface area contributed by atoms with Crippen LogP contribution in [0.2, 0.25) is 0 Å². The van der Waals surface area contributed by atoms with Crippen molar-refractivity contribution in [3.8, 4) is 0 Å². The van der Waals surface area contributed by atoms with Crippen molar-refractivity contribution in [1.82, 2.24) is 4.98 Å². The number of aliphatic hydroxyl groups is 1. The van der Waals surface area contributed by atoms with E-state index in [1.807, 2.05) is 11.9 Å². The van der Waals surface area contributed by atoms with Crippen molar-refractivity contribution in [2.75, 3.05) is 18.5 Å². The van der Waals surface area contributed by atoms with Crippen molar-refractivity contribution in [3.05, 3.63) is 23.9 Å². The van der Waals surface area contributed by atoms with Crippen molar-refractivity contribution in [2.24, 2.45) is 5.92 Å². The minimum Gasteiger partial charge on any atom is -0.477 e. The number of anilines is 1. The first-order valence-corrected chi connectivity index (χ1v) is 6.67. The van der Waals surface area contributed by atoms with Crippen LogP contribution in [0.4, 0.5) is 5.82 Å². The van der Waals surface area contributed by atoms with Gasteiger partial charge in [-0.1, -0.05) is 18.9 Å². The van der Waals surface area contributed by atoms with Crippen LogP contribution in [0.15, 0.2) is 18.2 Å². The van der Waals surface area contributed by atoms with Crippen LogP contribution in [-0.4, -0.2) is 40.9 Å². The molecule has 0 spiro atoms. The van der Waals surface area contributed by atoms with Gasteiger partial charge in [-0.05, 0) is 25.0 Å². The van der Waals surface area contributed by atoms with Gasteiger partial charge in [0.1, 0.15) is 5.82 Å². The summed E-state index contributed by atoms with van der Waals surface area (Å²) in [6.07, 6.45) is 3.87. The van der Waals surface area contributed by atoms with Gasteiger partial charge in [0.15, 0.2) is 5.69 Å². The second-order valence-corrected chi connectivity index (χ2v) is 5.18. The first-order valence-electron chi connectivity index (χ1n) is 6.67. The number of hydrogen-bond donors (Lipinski definition) is 2. The SMILES string of the molecule is CN(CC1CCCCC1O)c1cccc(C(=O)O)n1. The fourth-order valence-corrected chi connectivity index (χ4v) is 2.60. The summed E-state index contributed by atoms with van der Waals surface area (Å²) < 4.78 is 0. The molecule has 1 aliphatic carbocycles. The number of hydrogen-bond acceptors (Lipinski definition) is 4. The predicted molar refractivity (Wildman–Crippen MR) is 72.4 cm³/mol. The molecule has 0 amide bonds. The maximum atomic E-state index is 10.9. The van der Waals surface area contributed by atoms with E-state index in [0.29, 0.717) is 12.4 Å². The minimum atomic E-state index is -1.02. The fourth-order valence-electron chi connectivity index (χ4n) is 2.60. The molecule has 104 valence electrons. The summed E-state index contributed by atoms with van der Waals surface area (Å²) in [4.78, 5) is 16.9. The van der Waals surface area contributed by atoms with Gasteiger partial charge in [0.25, 0.3) is 0 Å². The van der Waals surface area contributed by atoms with Crippen LogP contribution in [0, 0.1) is 5.92 Å². The molecule has 1 saturated carbocycles. The van der Waals surface area contributed by atoms with Gasteiger partial charge in [-0.25, -0.2) is 9.78 Å². The Hall–Kier alpha value is -1.62. The molecule has 1 heterocycles. The van der Waals surface area contributed by atoms with Crippen LogP contribution in [0.1, 0.15) is 36.2 Å². The van der Waals surface area contributed by atoms with E-state index in [9.17, 15) is 9.90 Å². The molecule has 5 heteroatoms. The topological polar surface area (TPSA) is 73.7 Å². The third-order valence-corrected chi connectivity index (χ3v) is 3.72. The van der Waals surface area contributed by atoms with Crippen molar-refractivity contribution in [3.63, 3.8) is 0 Å². The number of carboxylic acid groups (broad SMARTS) is 1. The molecule has 1 aromatic rings. The van der Waals surface area contributed by atoms with Crippen molar-refractivity contribution < 1.29 is 15.0 Å². The van der Waals surface area contributed by atoms with Gasteiger partial charge in [-0.2, -0.15) is 0 Å². The first-order chi connectivity index (χ1) is 9.08. The van der Waals surface area contributed by atoms with Gasteiger partial charge in [0, 0.05) is 19.5 Å². The Kier molecular flexibility index (Phi) is 4.37. The number of carbonyl (C=O) groups is 1. The number of pyridine rings is 1. The molecule has 0 saturated heterocycles. The molecule has 5 nitrogen and oxygen atoms in total. The summed E-state index contributed by atoms with van der Waals surface area (Å²) in [5, 5.41) is 18.9. The number of carboxylic acids is 1. The quantitative estimate of drug-likeness (QED) is 0.867. The molecule has 1 aliphatic rings. The first kappa shape index (κ1) is 13.8. The maximum absolute atomic E-state index is 10.9. The van der Waals surface area contributed by atoms with Crippen LogP contribution < -0.4 is 4.90 Å². The normalized spacial score (nSPS) is 23.1. The molecular weight excluding hydrogens is 244 g/mol. The fraction of sp³-hybridized carbons (Fsp3) is 0.571. The summed E-state index contributed by atoms with van der Waals surface area (Å²) in [5.74, 6) is -0.139. The van der Waals surface area contributed by atoms with E-state index in [0.717, 1.165) is 25.7 Å². The zero-order valence-corrected chi connectivity index (χ0v) is 11.1. The lowest BCUT2D eigenvalue weighted by Gasteiger charge is -2.31. The van der Waals surface area contributed by atoms with Gasteiger partial charge in [0.05, 0.1) is 6.10 Å². The summed E-state index contributed by atoms with van der Waals surface area (Å²) in [7, 11) is 1.88. The number of aromatic carboxylic acids is 1. The highest BCUT2D eigenvalue weighted by Crippen LogP contribution is 2.26. The van der Waals surface area contributed by atoms with Gasteiger partial charge in [0.2, 0.25) is 0 Å². The zero-order chi connectivity index (χ0) is 13.8. The second kappa shape index (κ2) is 6.02. The van der Waals surface area contributed by atoms with Crippen molar-refractivity contribution >= 4 is 11.8 Å². The Labute approximate surface area is 112 Å². The number of aromatic nitrogens is 1. The molecule has 2 unspecified atom stereocenters. The lowest BCUT2D eigenvalue weighted by atomic mass is 9.86. The molecule has 1 fully saturated rings. The maximum Gasteiger partial charge on any atom is 0.354 e. The molecule has 0 aliphatic heterocycles. The van der Waals surface area contributed by atoms with Gasteiger partial charge < -0.3 is 15.1 Å². The summed E-state index contributed by atoms with van der Waals surface area (Å²) in [5.41, 5.74) is 0.0496. The summed E-state index contributed by atoms with van der Waals surface area (Å²) in [6, 6.07) is 4.97. The number of rotatable bonds is 4.